The van der Waals surface area contributed by atoms with Crippen LogP contribution in [-0.4, -0.2) is 48.7 Å². The van der Waals surface area contributed by atoms with E-state index in [2.05, 4.69) is 6.58 Å². The molecule has 0 bridgehead atoms. The molecule has 1 rings (SSSR count). The van der Waals surface area contributed by atoms with Gasteiger partial charge in [-0.3, -0.25) is 4.79 Å². The van der Waals surface area contributed by atoms with Crippen LogP contribution in [0.15, 0.2) is 23.4 Å². The van der Waals surface area contributed by atoms with Crippen LogP contribution in [0.25, 0.3) is 0 Å². The van der Waals surface area contributed by atoms with E-state index in [1.807, 2.05) is 18.7 Å². The van der Waals surface area contributed by atoms with E-state index in [-0.39, 0.29) is 11.5 Å². The summed E-state index contributed by atoms with van der Waals surface area (Å²) in [7, 11) is 2.91. The second-order valence-corrected chi connectivity index (χ2v) is 5.51. The van der Waals surface area contributed by atoms with Gasteiger partial charge in [-0.15, -0.1) is 18.2 Å². The Labute approximate surface area is 130 Å². The minimum absolute atomic E-state index is 0.0641. The van der Waals surface area contributed by atoms with Crippen molar-refractivity contribution in [2.24, 2.45) is 0 Å². The number of alkyl halides is 1. The molecule has 0 heterocycles. The number of hydrogen-bond donors (Lipinski definition) is 0. The van der Waals surface area contributed by atoms with E-state index in [9.17, 15) is 4.79 Å². The molecule has 6 heteroatoms. The second kappa shape index (κ2) is 6.48. The molecule has 0 aromatic rings. The molecule has 1 unspecified atom stereocenters. The fraction of sp³-hybridized carbons (Fsp3) is 0.643. The van der Waals surface area contributed by atoms with Gasteiger partial charge in [0.1, 0.15) is 5.03 Å². The third-order valence-corrected chi connectivity index (χ3v) is 4.61. The monoisotopic (exact) mass is 321 g/mol. The average Bonchev–Trinajstić information content (AvgIpc) is 2.61. The van der Waals surface area contributed by atoms with E-state index in [0.29, 0.717) is 18.8 Å². The number of nitrogens with zero attached hydrogens (tertiary/aromatic N) is 1. The molecule has 114 valence electrons. The zero-order valence-corrected chi connectivity index (χ0v) is 13.8. The molecule has 0 saturated carbocycles. The molecular weight excluding hydrogens is 301 g/mol. The van der Waals surface area contributed by atoms with Crippen LogP contribution in [0.1, 0.15) is 20.3 Å². The Bertz CT molecular complexity index is 428. The number of ether oxygens (including phenoxy) is 2. The Morgan fingerprint density at radius 2 is 1.80 bits per heavy atom. The molecule has 0 fully saturated rings. The molecular formula is C14H21Cl2NO3. The molecule has 0 aromatic carbocycles. The maximum Gasteiger partial charge on any atom is 0.239 e. The van der Waals surface area contributed by atoms with Crippen molar-refractivity contribution in [1.82, 2.24) is 4.90 Å². The van der Waals surface area contributed by atoms with Crippen LogP contribution in [0.3, 0.4) is 0 Å². The van der Waals surface area contributed by atoms with Crippen molar-refractivity contribution >= 4 is 29.0 Å². The molecule has 20 heavy (non-hydrogen) atoms. The Kier molecular flexibility index (Phi) is 5.67. The predicted octanol–water partition coefficient (Wildman–Crippen LogP) is 2.90. The molecule has 0 radical (unpaired) electrons. The lowest BCUT2D eigenvalue weighted by Crippen LogP contribution is -2.57. The molecule has 0 amide bonds. The van der Waals surface area contributed by atoms with E-state index in [1.54, 1.807) is 6.08 Å². The Hall–Kier alpha value is -0.550. The molecule has 4 nitrogen and oxygen atoms in total. The van der Waals surface area contributed by atoms with E-state index < -0.39 is 16.4 Å². The van der Waals surface area contributed by atoms with Gasteiger partial charge < -0.3 is 14.4 Å². The Morgan fingerprint density at radius 1 is 1.30 bits per heavy atom. The maximum atomic E-state index is 12.5. The zero-order chi connectivity index (χ0) is 15.6. The number of likely N-dealkylation sites (N-methyl/N-ethyl adjacent to an activating group) is 1. The summed E-state index contributed by atoms with van der Waals surface area (Å²) in [5.41, 5.74) is 0.482. The largest absolute Gasteiger partial charge is 0.370 e. The van der Waals surface area contributed by atoms with Crippen LogP contribution in [0.2, 0.25) is 0 Å². The molecule has 0 aliphatic heterocycles. The van der Waals surface area contributed by atoms with Gasteiger partial charge in [-0.05, 0) is 20.3 Å². The second-order valence-electron chi connectivity index (χ2n) is 4.48. The summed E-state index contributed by atoms with van der Waals surface area (Å²) < 4.78 is 11.1. The van der Waals surface area contributed by atoms with E-state index >= 15 is 0 Å². The van der Waals surface area contributed by atoms with Crippen molar-refractivity contribution in [3.05, 3.63) is 23.4 Å². The Balaban J connectivity index is 3.54. The highest BCUT2D eigenvalue weighted by molar-refractivity contribution is 6.53. The quantitative estimate of drug-likeness (QED) is 0.410. The number of ketones is 1. The summed E-state index contributed by atoms with van der Waals surface area (Å²) in [6.45, 7) is 8.89. The van der Waals surface area contributed by atoms with Gasteiger partial charge in [0.25, 0.3) is 0 Å². The van der Waals surface area contributed by atoms with Gasteiger partial charge in [-0.2, -0.15) is 0 Å². The van der Waals surface area contributed by atoms with Crippen LogP contribution in [0.4, 0.5) is 0 Å². The minimum atomic E-state index is -1.44. The molecule has 1 aliphatic carbocycles. The topological polar surface area (TPSA) is 38.8 Å². The first kappa shape index (κ1) is 17.5. The maximum absolute atomic E-state index is 12.5. The first-order chi connectivity index (χ1) is 9.39. The first-order valence-electron chi connectivity index (χ1n) is 6.50. The summed E-state index contributed by atoms with van der Waals surface area (Å²) in [5.74, 6) is -1.81. The Morgan fingerprint density at radius 3 is 2.15 bits per heavy atom. The van der Waals surface area contributed by atoms with Crippen molar-refractivity contribution in [2.75, 3.05) is 27.3 Å². The van der Waals surface area contributed by atoms with Gasteiger partial charge in [0.2, 0.25) is 11.6 Å². The standard InChI is InChI=1S/C14H21Cl2NO3/c1-6-9-13(16)12(18)10(15)11(17(7-2)8-3)14(13,19-4)20-5/h6H,1,7-9H2,2-5H3. The molecule has 0 aromatic heterocycles. The summed E-state index contributed by atoms with van der Waals surface area (Å²) in [6, 6.07) is 0. The normalized spacial score (nSPS) is 25.2. The number of Topliss-reactive ketones (excluding diaryl/α,β-unsaturated/α-hetero) is 1. The van der Waals surface area contributed by atoms with Gasteiger partial charge in [-0.1, -0.05) is 17.7 Å². The van der Waals surface area contributed by atoms with Gasteiger partial charge in [0, 0.05) is 27.3 Å². The summed E-state index contributed by atoms with van der Waals surface area (Å²) >= 11 is 12.8. The highest BCUT2D eigenvalue weighted by Crippen LogP contribution is 2.52. The SMILES string of the molecule is C=CCC1(Cl)C(=O)C(Cl)=C(N(CC)CC)C1(OC)OC. The van der Waals surface area contributed by atoms with Crippen LogP contribution >= 0.6 is 23.2 Å². The van der Waals surface area contributed by atoms with Crippen molar-refractivity contribution in [1.29, 1.82) is 0 Å². The lowest BCUT2D eigenvalue weighted by molar-refractivity contribution is -0.205. The number of halogens is 2. The van der Waals surface area contributed by atoms with Gasteiger partial charge in [0.15, 0.2) is 4.87 Å². The van der Waals surface area contributed by atoms with E-state index in [0.717, 1.165) is 0 Å². The molecule has 0 spiro atoms. The predicted molar refractivity (Wildman–Crippen MR) is 81.0 cm³/mol. The number of hydrogen-bond acceptors (Lipinski definition) is 4. The van der Waals surface area contributed by atoms with Crippen molar-refractivity contribution in [3.63, 3.8) is 0 Å². The van der Waals surface area contributed by atoms with Gasteiger partial charge in [-0.25, -0.2) is 0 Å². The third-order valence-electron chi connectivity index (χ3n) is 3.68. The van der Waals surface area contributed by atoms with Crippen molar-refractivity contribution < 1.29 is 14.3 Å². The molecule has 1 atom stereocenters. The smallest absolute Gasteiger partial charge is 0.239 e. The van der Waals surface area contributed by atoms with Crippen LogP contribution in [0, 0.1) is 0 Å². The molecule has 0 N–H and O–H groups in total. The number of rotatable bonds is 7. The summed E-state index contributed by atoms with van der Waals surface area (Å²) in [4.78, 5) is 13.0. The number of methoxy groups -OCH3 is 2. The van der Waals surface area contributed by atoms with Crippen LogP contribution < -0.4 is 0 Å². The van der Waals surface area contributed by atoms with Gasteiger partial charge >= 0.3 is 0 Å². The lowest BCUT2D eigenvalue weighted by Gasteiger charge is -2.42. The number of carbonyl (C=O) groups is 1. The van der Waals surface area contributed by atoms with Crippen LogP contribution in [0.5, 0.6) is 0 Å². The minimum Gasteiger partial charge on any atom is -0.370 e. The van der Waals surface area contributed by atoms with Crippen molar-refractivity contribution in [2.45, 2.75) is 30.9 Å². The fourth-order valence-corrected chi connectivity index (χ4v) is 3.58. The molecule has 1 aliphatic rings. The number of allylic oxidation sites excluding steroid dienone is 2. The van der Waals surface area contributed by atoms with E-state index in [1.165, 1.54) is 14.2 Å². The average molecular weight is 322 g/mol. The molecule has 0 saturated heterocycles. The third kappa shape index (κ3) is 2.19. The van der Waals surface area contributed by atoms with E-state index in [4.69, 9.17) is 32.7 Å². The summed E-state index contributed by atoms with van der Waals surface area (Å²) in [6.07, 6.45) is 1.75. The first-order valence-corrected chi connectivity index (χ1v) is 7.25. The zero-order valence-electron chi connectivity index (χ0n) is 12.3. The van der Waals surface area contributed by atoms with Gasteiger partial charge in [0.05, 0.1) is 5.70 Å². The highest BCUT2D eigenvalue weighted by atomic mass is 35.5. The summed E-state index contributed by atoms with van der Waals surface area (Å²) in [5, 5.41) is 0.0641. The lowest BCUT2D eigenvalue weighted by atomic mass is 9.93. The highest BCUT2D eigenvalue weighted by Gasteiger charge is 2.66. The van der Waals surface area contributed by atoms with Crippen LogP contribution in [-0.2, 0) is 14.3 Å². The fourth-order valence-electron chi connectivity index (χ4n) is 2.68. The van der Waals surface area contributed by atoms with Crippen molar-refractivity contribution in [3.8, 4) is 0 Å². The number of carbonyl (C=O) groups excluding carboxylic acids is 1.